The average molecular weight is 727 g/mol. The van der Waals surface area contributed by atoms with E-state index in [0.29, 0.717) is 12.1 Å². The van der Waals surface area contributed by atoms with Crippen molar-refractivity contribution in [2.75, 3.05) is 33.8 Å². The average Bonchev–Trinajstić information content (AvgIpc) is 3.36. The number of hydrogen-bond donors (Lipinski definition) is 4. The summed E-state index contributed by atoms with van der Waals surface area (Å²) in [6.45, 7) is 16.9. The van der Waals surface area contributed by atoms with E-state index in [4.69, 9.17) is 4.74 Å². The van der Waals surface area contributed by atoms with Crippen LogP contribution in [-0.2, 0) is 33.5 Å². The van der Waals surface area contributed by atoms with Gasteiger partial charge in [0.15, 0.2) is 0 Å². The highest BCUT2D eigenvalue weighted by Crippen LogP contribution is 2.65. The van der Waals surface area contributed by atoms with E-state index in [9.17, 15) is 33.6 Å². The van der Waals surface area contributed by atoms with Crippen molar-refractivity contribution in [2.45, 2.75) is 92.9 Å². The fraction of sp³-hybridized carbons (Fsp3) is 0.658. The van der Waals surface area contributed by atoms with E-state index in [1.807, 2.05) is 62.3 Å². The molecule has 0 bridgehead atoms. The molecule has 1 heterocycles. The topological polar surface area (TPSA) is 183 Å². The number of ether oxygens (including phenoxy) is 1. The zero-order valence-electron chi connectivity index (χ0n) is 32.5. The van der Waals surface area contributed by atoms with E-state index in [0.717, 1.165) is 0 Å². The number of benzene rings is 1. The number of rotatable bonds is 15. The highest BCUT2D eigenvalue weighted by atomic mass is 16.5. The Hall–Kier alpha value is -4.49. The van der Waals surface area contributed by atoms with E-state index in [1.165, 1.54) is 9.80 Å². The third-order valence-electron chi connectivity index (χ3n) is 9.78. The molecule has 288 valence electrons. The van der Waals surface area contributed by atoms with Crippen molar-refractivity contribution in [1.82, 2.24) is 31.1 Å². The molecule has 2 unspecified atom stereocenters. The first-order valence-corrected chi connectivity index (χ1v) is 18.0. The van der Waals surface area contributed by atoms with E-state index < -0.39 is 71.6 Å². The number of piperidine rings is 1. The number of carbonyl (C=O) groups excluding carboxylic acids is 7. The normalized spacial score (nSPS) is 20.6. The Balaban J connectivity index is 1.75. The van der Waals surface area contributed by atoms with Crippen LogP contribution in [0.5, 0.6) is 0 Å². The SMILES string of the molecule is CC(C)COC(=O)N[C@H](C(=O)N1CC2C([C@H]1C(=O)N[C@@H](CC(C)C)C(=O)C(=O)NCC(=O)N[C@H](C(=O)N(C)C)c1ccccc1)C2(C)C)C(C)(C)C. The second kappa shape index (κ2) is 16.9. The molecule has 0 aromatic heterocycles. The van der Waals surface area contributed by atoms with Gasteiger partial charge in [-0.25, -0.2) is 4.79 Å². The molecular formula is C38H58N6O8. The van der Waals surface area contributed by atoms with Crippen LogP contribution in [0.15, 0.2) is 30.3 Å². The lowest BCUT2D eigenvalue weighted by molar-refractivity contribution is -0.145. The van der Waals surface area contributed by atoms with Gasteiger partial charge in [0, 0.05) is 20.6 Å². The van der Waals surface area contributed by atoms with Gasteiger partial charge < -0.3 is 35.8 Å². The molecule has 0 spiro atoms. The minimum atomic E-state index is -1.23. The molecule has 0 radical (unpaired) electrons. The zero-order chi connectivity index (χ0) is 39.3. The largest absolute Gasteiger partial charge is 0.449 e. The van der Waals surface area contributed by atoms with Gasteiger partial charge >= 0.3 is 6.09 Å². The van der Waals surface area contributed by atoms with Gasteiger partial charge in [-0.2, -0.15) is 0 Å². The van der Waals surface area contributed by atoms with Gasteiger partial charge in [0.2, 0.25) is 29.4 Å². The number of Topliss-reactive ketones (excluding diaryl/α,β-unsaturated/α-hetero) is 1. The summed E-state index contributed by atoms with van der Waals surface area (Å²) in [6, 6.07) is 4.46. The highest BCUT2D eigenvalue weighted by Gasteiger charge is 2.70. The van der Waals surface area contributed by atoms with Gasteiger partial charge in [0.1, 0.15) is 18.1 Å². The van der Waals surface area contributed by atoms with Crippen molar-refractivity contribution in [2.24, 2.45) is 34.5 Å². The van der Waals surface area contributed by atoms with Gasteiger partial charge in [-0.05, 0) is 46.5 Å². The second-order valence-corrected chi connectivity index (χ2v) is 16.7. The van der Waals surface area contributed by atoms with E-state index >= 15 is 0 Å². The Morgan fingerprint density at radius 3 is 2.08 bits per heavy atom. The molecule has 3 rings (SSSR count). The number of nitrogens with zero attached hydrogens (tertiary/aromatic N) is 2. The minimum absolute atomic E-state index is 0.0286. The minimum Gasteiger partial charge on any atom is -0.449 e. The summed E-state index contributed by atoms with van der Waals surface area (Å²) in [5.41, 5.74) is -0.417. The fourth-order valence-corrected chi connectivity index (χ4v) is 6.80. The predicted octanol–water partition coefficient (Wildman–Crippen LogP) is 2.43. The fourth-order valence-electron chi connectivity index (χ4n) is 6.80. The van der Waals surface area contributed by atoms with Crippen molar-refractivity contribution in [1.29, 1.82) is 0 Å². The van der Waals surface area contributed by atoms with Crippen LogP contribution in [0, 0.1) is 34.5 Å². The number of likely N-dealkylation sites (N-methyl/N-ethyl adjacent to an activating group) is 1. The van der Waals surface area contributed by atoms with E-state index in [1.54, 1.807) is 44.4 Å². The summed E-state index contributed by atoms with van der Waals surface area (Å²) in [4.78, 5) is 96.1. The Bertz CT molecular complexity index is 1500. The van der Waals surface area contributed by atoms with Crippen LogP contribution in [0.2, 0.25) is 0 Å². The molecule has 1 aliphatic heterocycles. The molecular weight excluding hydrogens is 668 g/mol. The van der Waals surface area contributed by atoms with Gasteiger partial charge in [-0.15, -0.1) is 0 Å². The van der Waals surface area contributed by atoms with Gasteiger partial charge in [0.05, 0.1) is 19.2 Å². The molecule has 1 saturated heterocycles. The van der Waals surface area contributed by atoms with Crippen LogP contribution in [0.3, 0.4) is 0 Å². The Morgan fingerprint density at radius 1 is 0.923 bits per heavy atom. The van der Waals surface area contributed by atoms with E-state index in [2.05, 4.69) is 21.3 Å². The Morgan fingerprint density at radius 2 is 1.54 bits per heavy atom. The second-order valence-electron chi connectivity index (χ2n) is 16.7. The standard InChI is InChI=1S/C38H58N6O8/c1-21(2)17-25(30(46)33(48)39-18-26(45)41-28(34(49)43(10)11)23-15-13-12-14-16-23)40-32(47)29-27-24(38(27,8)9)19-44(29)35(50)31(37(5,6)7)42-36(51)52-20-22(3)4/h12-16,21-22,24-25,27-29,31H,17-20H2,1-11H3,(H,39,48)(H,40,47)(H,41,45)(H,42,51)/t24?,25-,27?,28-,29-,31+/m0/s1. The molecule has 2 aliphatic rings. The number of likely N-dealkylation sites (tertiary alicyclic amines) is 1. The molecule has 1 aromatic carbocycles. The zero-order valence-corrected chi connectivity index (χ0v) is 32.5. The van der Waals surface area contributed by atoms with Crippen molar-refractivity contribution in [3.05, 3.63) is 35.9 Å². The van der Waals surface area contributed by atoms with Crippen LogP contribution in [0.4, 0.5) is 4.79 Å². The number of carbonyl (C=O) groups is 7. The van der Waals surface area contributed by atoms with Gasteiger partial charge in [-0.1, -0.05) is 92.6 Å². The summed E-state index contributed by atoms with van der Waals surface area (Å²) < 4.78 is 5.29. The summed E-state index contributed by atoms with van der Waals surface area (Å²) in [5.74, 6) is -4.26. The first-order valence-electron chi connectivity index (χ1n) is 18.0. The molecule has 52 heavy (non-hydrogen) atoms. The summed E-state index contributed by atoms with van der Waals surface area (Å²) in [7, 11) is 3.12. The third kappa shape index (κ3) is 10.3. The maximum absolute atomic E-state index is 14.1. The molecule has 2 fully saturated rings. The Labute approximate surface area is 307 Å². The maximum atomic E-state index is 14.1. The first kappa shape index (κ1) is 41.9. The summed E-state index contributed by atoms with van der Waals surface area (Å²) in [6.07, 6.45) is -0.598. The Kier molecular flexibility index (Phi) is 13.6. The molecule has 14 heteroatoms. The van der Waals surface area contributed by atoms with E-state index in [-0.39, 0.29) is 48.0 Å². The first-order chi connectivity index (χ1) is 24.1. The number of nitrogens with one attached hydrogen (secondary N) is 4. The lowest BCUT2D eigenvalue weighted by Crippen LogP contribution is -2.60. The van der Waals surface area contributed by atoms with Crippen molar-refractivity contribution >= 4 is 41.4 Å². The predicted molar refractivity (Wildman–Crippen MR) is 194 cm³/mol. The maximum Gasteiger partial charge on any atom is 0.407 e. The molecule has 1 saturated carbocycles. The summed E-state index contributed by atoms with van der Waals surface area (Å²) in [5, 5.41) is 10.4. The molecule has 6 amide bonds. The van der Waals surface area contributed by atoms with Crippen LogP contribution in [0.25, 0.3) is 0 Å². The van der Waals surface area contributed by atoms with Crippen LogP contribution in [0.1, 0.15) is 80.3 Å². The van der Waals surface area contributed by atoms with Crippen LogP contribution >= 0.6 is 0 Å². The van der Waals surface area contributed by atoms with Crippen LogP contribution in [-0.4, -0.2) is 103 Å². The monoisotopic (exact) mass is 726 g/mol. The number of hydrogen-bond acceptors (Lipinski definition) is 8. The van der Waals surface area contributed by atoms with Crippen molar-refractivity contribution in [3.63, 3.8) is 0 Å². The molecule has 14 nitrogen and oxygen atoms in total. The highest BCUT2D eigenvalue weighted by molar-refractivity contribution is 6.38. The lowest BCUT2D eigenvalue weighted by Gasteiger charge is -2.37. The summed E-state index contributed by atoms with van der Waals surface area (Å²) >= 11 is 0. The van der Waals surface area contributed by atoms with Crippen molar-refractivity contribution in [3.8, 4) is 0 Å². The third-order valence-corrected chi connectivity index (χ3v) is 9.78. The lowest BCUT2D eigenvalue weighted by atomic mass is 9.85. The molecule has 1 aromatic rings. The van der Waals surface area contributed by atoms with Gasteiger partial charge in [-0.3, -0.25) is 28.8 Å². The smallest absolute Gasteiger partial charge is 0.407 e. The number of amides is 6. The number of fused-ring (bicyclic) bond motifs is 1. The molecule has 6 atom stereocenters. The van der Waals surface area contributed by atoms with Gasteiger partial charge in [0.25, 0.3) is 5.91 Å². The molecule has 1 aliphatic carbocycles. The molecule has 4 N–H and O–H groups in total. The van der Waals surface area contributed by atoms with Crippen molar-refractivity contribution < 1.29 is 38.3 Å². The quantitative estimate of drug-likeness (QED) is 0.199. The number of alkyl carbamates (subject to hydrolysis) is 1. The van der Waals surface area contributed by atoms with Crippen LogP contribution < -0.4 is 21.3 Å². The number of ketones is 1.